The van der Waals surface area contributed by atoms with Crippen molar-refractivity contribution < 1.29 is 9.34 Å². The van der Waals surface area contributed by atoms with E-state index in [4.69, 9.17) is 4.42 Å². The van der Waals surface area contributed by atoms with E-state index in [1.807, 2.05) is 30.3 Å². The second-order valence-electron chi connectivity index (χ2n) is 5.75. The lowest BCUT2D eigenvalue weighted by atomic mass is 10.1. The number of nitrogens with one attached hydrogen (secondary N) is 1. The Morgan fingerprint density at radius 2 is 2.00 bits per heavy atom. The summed E-state index contributed by atoms with van der Waals surface area (Å²) >= 11 is 1.28. The molecule has 0 spiro atoms. The molecule has 0 atom stereocenters. The molecule has 0 amide bonds. The Labute approximate surface area is 161 Å². The Morgan fingerprint density at radius 1 is 1.18 bits per heavy atom. The van der Waals surface area contributed by atoms with Crippen molar-refractivity contribution in [1.82, 2.24) is 4.98 Å². The Kier molecular flexibility index (Phi) is 4.65. The van der Waals surface area contributed by atoms with Crippen molar-refractivity contribution in [2.75, 3.05) is 5.43 Å². The highest BCUT2D eigenvalue weighted by Crippen LogP contribution is 2.27. The summed E-state index contributed by atoms with van der Waals surface area (Å²) in [6.07, 6.45) is 1.66. The van der Waals surface area contributed by atoms with E-state index in [1.54, 1.807) is 17.7 Å². The van der Waals surface area contributed by atoms with E-state index >= 15 is 0 Å². The minimum Gasteiger partial charge on any atom is -0.422 e. The van der Waals surface area contributed by atoms with E-state index in [-0.39, 0.29) is 16.8 Å². The lowest BCUT2D eigenvalue weighted by molar-refractivity contribution is -0.384. The Balaban J connectivity index is 1.61. The summed E-state index contributed by atoms with van der Waals surface area (Å²) in [7, 11) is 0. The highest BCUT2D eigenvalue weighted by Gasteiger charge is 2.14. The molecule has 1 N–H and O–H groups in total. The second-order valence-corrected chi connectivity index (χ2v) is 6.60. The van der Waals surface area contributed by atoms with E-state index in [1.165, 1.54) is 29.5 Å². The first kappa shape index (κ1) is 17.6. The molecule has 4 aromatic rings. The fraction of sp³-hybridized carbons (Fsp3) is 0. The van der Waals surface area contributed by atoms with Crippen LogP contribution >= 0.6 is 11.3 Å². The number of nitro groups is 1. The molecule has 0 aliphatic heterocycles. The van der Waals surface area contributed by atoms with E-state index in [9.17, 15) is 14.9 Å². The molecule has 0 bridgehead atoms. The van der Waals surface area contributed by atoms with Crippen molar-refractivity contribution in [2.45, 2.75) is 0 Å². The Morgan fingerprint density at radius 3 is 2.79 bits per heavy atom. The van der Waals surface area contributed by atoms with Crippen LogP contribution in [0, 0.1) is 10.1 Å². The van der Waals surface area contributed by atoms with Crippen LogP contribution in [0.5, 0.6) is 0 Å². The summed E-state index contributed by atoms with van der Waals surface area (Å²) in [6.45, 7) is 0. The van der Waals surface area contributed by atoms with Gasteiger partial charge in [-0.1, -0.05) is 30.3 Å². The SMILES string of the molecule is O=c1oc2ccc([N+](=O)[O-])cc2cc1-c1csc(N/N=C/c2ccccc2)n1. The standard InChI is InChI=1S/C19H12N4O4S/c24-18-15(9-13-8-14(23(25)26)6-7-17(13)27-18)16-11-28-19(21-16)22-20-10-12-4-2-1-3-5-12/h1-11H,(H,21,22)/b20-10+. The quantitative estimate of drug-likeness (QED) is 0.235. The van der Waals surface area contributed by atoms with Gasteiger partial charge in [-0.25, -0.2) is 9.78 Å². The molecule has 0 radical (unpaired) electrons. The van der Waals surface area contributed by atoms with Gasteiger partial charge in [-0.05, 0) is 17.7 Å². The first-order chi connectivity index (χ1) is 13.6. The van der Waals surface area contributed by atoms with Crippen LogP contribution < -0.4 is 11.1 Å². The van der Waals surface area contributed by atoms with E-state index < -0.39 is 10.5 Å². The van der Waals surface area contributed by atoms with Gasteiger partial charge < -0.3 is 4.42 Å². The van der Waals surface area contributed by atoms with Gasteiger partial charge in [0.05, 0.1) is 22.4 Å². The van der Waals surface area contributed by atoms with Crippen LogP contribution in [0.1, 0.15) is 5.56 Å². The van der Waals surface area contributed by atoms with Crippen molar-refractivity contribution in [3.05, 3.63) is 86.1 Å². The lowest BCUT2D eigenvalue weighted by Crippen LogP contribution is -2.03. The fourth-order valence-corrected chi connectivity index (χ4v) is 3.21. The van der Waals surface area contributed by atoms with Gasteiger partial charge in [0.15, 0.2) is 0 Å². The van der Waals surface area contributed by atoms with Crippen molar-refractivity contribution in [3.63, 3.8) is 0 Å². The van der Waals surface area contributed by atoms with Crippen LogP contribution in [0.2, 0.25) is 0 Å². The van der Waals surface area contributed by atoms with Crippen LogP contribution in [0.15, 0.2) is 74.3 Å². The maximum atomic E-state index is 12.3. The summed E-state index contributed by atoms with van der Waals surface area (Å²) in [5.41, 5.74) is 4.02. The van der Waals surface area contributed by atoms with Gasteiger partial charge in [0.2, 0.25) is 5.13 Å². The van der Waals surface area contributed by atoms with Crippen LogP contribution in [0.25, 0.3) is 22.2 Å². The topological polar surface area (TPSA) is 111 Å². The molecular weight excluding hydrogens is 380 g/mol. The van der Waals surface area contributed by atoms with Gasteiger partial charge in [0.1, 0.15) is 5.58 Å². The molecule has 9 heteroatoms. The molecule has 138 valence electrons. The predicted octanol–water partition coefficient (Wildman–Crippen LogP) is 4.27. The summed E-state index contributed by atoms with van der Waals surface area (Å²) < 4.78 is 5.27. The molecular formula is C19H12N4O4S. The molecule has 0 fully saturated rings. The number of anilines is 1. The molecule has 0 aliphatic rings. The third-order valence-electron chi connectivity index (χ3n) is 3.88. The number of hydrogen-bond acceptors (Lipinski definition) is 8. The van der Waals surface area contributed by atoms with Crippen LogP contribution in [-0.4, -0.2) is 16.1 Å². The van der Waals surface area contributed by atoms with Crippen molar-refractivity contribution >= 4 is 39.3 Å². The smallest absolute Gasteiger partial charge is 0.345 e. The third kappa shape index (κ3) is 3.64. The number of hydrogen-bond donors (Lipinski definition) is 1. The monoisotopic (exact) mass is 392 g/mol. The normalized spacial score (nSPS) is 11.1. The summed E-state index contributed by atoms with van der Waals surface area (Å²) in [5.74, 6) is 0. The number of hydrazone groups is 1. The zero-order valence-corrected chi connectivity index (χ0v) is 15.1. The molecule has 4 rings (SSSR count). The highest BCUT2D eigenvalue weighted by atomic mass is 32.1. The molecule has 0 saturated heterocycles. The fourth-order valence-electron chi connectivity index (χ4n) is 2.55. The molecule has 0 aliphatic carbocycles. The summed E-state index contributed by atoms with van der Waals surface area (Å²) in [4.78, 5) is 27.1. The summed E-state index contributed by atoms with van der Waals surface area (Å²) in [6, 6.07) is 15.2. The molecule has 0 unspecified atom stereocenters. The number of thiazole rings is 1. The van der Waals surface area contributed by atoms with Crippen molar-refractivity contribution in [1.29, 1.82) is 0 Å². The zero-order chi connectivity index (χ0) is 19.5. The van der Waals surface area contributed by atoms with Crippen LogP contribution in [-0.2, 0) is 0 Å². The number of fused-ring (bicyclic) bond motifs is 1. The van der Waals surface area contributed by atoms with Gasteiger partial charge in [-0.2, -0.15) is 5.10 Å². The first-order valence-corrected chi connectivity index (χ1v) is 9.00. The molecule has 2 aromatic carbocycles. The van der Waals surface area contributed by atoms with E-state index in [0.29, 0.717) is 16.2 Å². The average Bonchev–Trinajstić information content (AvgIpc) is 3.16. The lowest BCUT2D eigenvalue weighted by Gasteiger charge is -2.00. The van der Waals surface area contributed by atoms with Crippen molar-refractivity contribution in [3.8, 4) is 11.3 Å². The van der Waals surface area contributed by atoms with Gasteiger partial charge in [0.25, 0.3) is 5.69 Å². The van der Waals surface area contributed by atoms with E-state index in [0.717, 1.165) is 5.56 Å². The highest BCUT2D eigenvalue weighted by molar-refractivity contribution is 7.14. The summed E-state index contributed by atoms with van der Waals surface area (Å²) in [5, 5.41) is 17.7. The Hall–Kier alpha value is -3.85. The molecule has 2 aromatic heterocycles. The van der Waals surface area contributed by atoms with Crippen LogP contribution in [0.3, 0.4) is 0 Å². The number of non-ortho nitro benzene ring substituents is 1. The minimum absolute atomic E-state index is 0.0804. The van der Waals surface area contributed by atoms with Crippen LogP contribution in [0.4, 0.5) is 10.8 Å². The average molecular weight is 392 g/mol. The molecule has 8 nitrogen and oxygen atoms in total. The zero-order valence-electron chi connectivity index (χ0n) is 14.2. The molecule has 28 heavy (non-hydrogen) atoms. The number of aromatic nitrogens is 1. The Bertz CT molecular complexity index is 1250. The third-order valence-corrected chi connectivity index (χ3v) is 4.63. The first-order valence-electron chi connectivity index (χ1n) is 8.12. The van der Waals surface area contributed by atoms with Crippen molar-refractivity contribution in [2.24, 2.45) is 5.10 Å². The van der Waals surface area contributed by atoms with Gasteiger partial charge in [-0.3, -0.25) is 15.5 Å². The number of benzene rings is 2. The molecule has 0 saturated carbocycles. The number of nitro benzene ring substituents is 1. The second kappa shape index (κ2) is 7.41. The molecule has 2 heterocycles. The van der Waals surface area contributed by atoms with E-state index in [2.05, 4.69) is 15.5 Å². The largest absolute Gasteiger partial charge is 0.422 e. The van der Waals surface area contributed by atoms with Gasteiger partial charge in [0, 0.05) is 22.9 Å². The number of rotatable bonds is 5. The maximum Gasteiger partial charge on any atom is 0.345 e. The maximum absolute atomic E-state index is 12.3. The number of nitrogens with zero attached hydrogens (tertiary/aromatic N) is 3. The van der Waals surface area contributed by atoms with Gasteiger partial charge in [-0.15, -0.1) is 11.3 Å². The van der Waals surface area contributed by atoms with Gasteiger partial charge >= 0.3 is 5.63 Å². The minimum atomic E-state index is -0.564. The predicted molar refractivity (Wildman–Crippen MR) is 108 cm³/mol.